The molecular formula is C39H37F2N3O8S. The molecule has 2 aromatic heterocycles. The highest BCUT2D eigenvalue weighted by molar-refractivity contribution is 7.92. The van der Waals surface area contributed by atoms with E-state index in [0.29, 0.717) is 33.4 Å². The Kier molecular flexibility index (Phi) is 9.03. The number of benzene rings is 4. The minimum absolute atomic E-state index is 0.0376. The summed E-state index contributed by atoms with van der Waals surface area (Å²) in [5.41, 5.74) is 1.79. The molecule has 0 spiro atoms. The van der Waals surface area contributed by atoms with Gasteiger partial charge in [-0.15, -0.1) is 0 Å². The molecule has 0 atom stereocenters. The SMILES string of the molecule is CNC(=O)c1c(-c2ccc(F)cc2)oc2cc(N(CC3(C)COC(C)(C)OC3)S(C)(=O)=O)c(-c3ccc(OC)c(-c4nc5c(F)cccc5o4)c3)cc12. The lowest BCUT2D eigenvalue weighted by atomic mass is 9.90. The standard InChI is InChI=1S/C39H37F2N3O8S/c1-38(2)49-20-39(3,21-50-38)19-44(53(6,46)47)29-18-32-26(33(36(45)42-4)35(51-32)22-10-13-24(40)14-11-22)17-25(29)23-12-15-30(48-5)27(16-23)37-43-34-28(41)8-7-9-31(34)52-37/h7-18H,19-21H2,1-6H3,(H,42,45). The summed E-state index contributed by atoms with van der Waals surface area (Å²) in [5.74, 6) is -1.74. The maximum Gasteiger partial charge on any atom is 0.255 e. The van der Waals surface area contributed by atoms with Crippen molar-refractivity contribution in [1.82, 2.24) is 10.3 Å². The van der Waals surface area contributed by atoms with Gasteiger partial charge >= 0.3 is 0 Å². The summed E-state index contributed by atoms with van der Waals surface area (Å²) < 4.78 is 87.4. The lowest BCUT2D eigenvalue weighted by molar-refractivity contribution is -0.280. The van der Waals surface area contributed by atoms with Crippen LogP contribution in [0.1, 0.15) is 31.1 Å². The number of anilines is 1. The molecule has 0 aliphatic carbocycles. The maximum absolute atomic E-state index is 14.7. The summed E-state index contributed by atoms with van der Waals surface area (Å²) in [7, 11) is -1.05. The second-order valence-electron chi connectivity index (χ2n) is 13.8. The summed E-state index contributed by atoms with van der Waals surface area (Å²) >= 11 is 0. The van der Waals surface area contributed by atoms with Crippen molar-refractivity contribution in [2.24, 2.45) is 5.41 Å². The van der Waals surface area contributed by atoms with Gasteiger partial charge < -0.3 is 28.4 Å². The molecule has 53 heavy (non-hydrogen) atoms. The maximum atomic E-state index is 14.7. The number of nitrogens with zero attached hydrogens (tertiary/aromatic N) is 2. The summed E-state index contributed by atoms with van der Waals surface area (Å²) in [6.07, 6.45) is 1.10. The highest BCUT2D eigenvalue weighted by atomic mass is 32.2. The second-order valence-corrected chi connectivity index (χ2v) is 15.7. The molecular weight excluding hydrogens is 709 g/mol. The zero-order valence-corrected chi connectivity index (χ0v) is 30.7. The minimum Gasteiger partial charge on any atom is -0.496 e. The van der Waals surface area contributed by atoms with Gasteiger partial charge in [0.1, 0.15) is 28.4 Å². The van der Waals surface area contributed by atoms with Crippen LogP contribution in [0.25, 0.3) is 56.0 Å². The number of methoxy groups -OCH3 is 1. The molecule has 3 heterocycles. The lowest BCUT2D eigenvalue weighted by Crippen LogP contribution is -2.51. The smallest absolute Gasteiger partial charge is 0.255 e. The van der Waals surface area contributed by atoms with Crippen molar-refractivity contribution in [2.45, 2.75) is 26.6 Å². The third-order valence-electron chi connectivity index (χ3n) is 9.21. The molecule has 11 nitrogen and oxygen atoms in total. The first-order valence-corrected chi connectivity index (χ1v) is 18.5. The summed E-state index contributed by atoms with van der Waals surface area (Å²) in [6.45, 7) is 5.83. The van der Waals surface area contributed by atoms with Crippen molar-refractivity contribution in [1.29, 1.82) is 0 Å². The number of fused-ring (bicyclic) bond motifs is 2. The number of hydrogen-bond acceptors (Lipinski definition) is 9. The molecule has 1 fully saturated rings. The van der Waals surface area contributed by atoms with Crippen LogP contribution >= 0.6 is 0 Å². The average Bonchev–Trinajstić information content (AvgIpc) is 3.74. The van der Waals surface area contributed by atoms with Gasteiger partial charge in [-0.05, 0) is 74.0 Å². The third-order valence-corrected chi connectivity index (χ3v) is 10.3. The van der Waals surface area contributed by atoms with Gasteiger partial charge in [0.25, 0.3) is 5.91 Å². The van der Waals surface area contributed by atoms with Crippen molar-refractivity contribution >= 4 is 43.7 Å². The van der Waals surface area contributed by atoms with Gasteiger partial charge in [-0.3, -0.25) is 9.10 Å². The lowest BCUT2D eigenvalue weighted by Gasteiger charge is -2.43. The Hall–Kier alpha value is -5.31. The number of hydrogen-bond donors (Lipinski definition) is 1. The number of para-hydroxylation sites is 1. The van der Waals surface area contributed by atoms with Gasteiger partial charge in [-0.25, -0.2) is 22.2 Å². The largest absolute Gasteiger partial charge is 0.496 e. The number of carbonyl (C=O) groups is 1. The van der Waals surface area contributed by atoms with Gasteiger partial charge in [-0.2, -0.15) is 0 Å². The van der Waals surface area contributed by atoms with E-state index in [-0.39, 0.29) is 59.3 Å². The van der Waals surface area contributed by atoms with Crippen molar-refractivity contribution in [3.63, 3.8) is 0 Å². The monoisotopic (exact) mass is 745 g/mol. The molecule has 1 N–H and O–H groups in total. The molecule has 1 aliphatic rings. The molecule has 0 radical (unpaired) electrons. The molecule has 1 saturated heterocycles. The molecule has 6 aromatic rings. The number of ether oxygens (including phenoxy) is 3. The highest BCUT2D eigenvalue weighted by Crippen LogP contribution is 2.45. The second kappa shape index (κ2) is 13.3. The molecule has 1 amide bonds. The molecule has 0 unspecified atom stereocenters. The summed E-state index contributed by atoms with van der Waals surface area (Å²) in [5, 5.41) is 3.03. The van der Waals surface area contributed by atoms with Gasteiger partial charge in [0.05, 0.1) is 43.4 Å². The Labute approximate surface area is 304 Å². The Morgan fingerprint density at radius 1 is 0.925 bits per heavy atom. The van der Waals surface area contributed by atoms with E-state index in [1.807, 2.05) is 6.92 Å². The van der Waals surface area contributed by atoms with Gasteiger partial charge in [-0.1, -0.05) is 19.1 Å². The van der Waals surface area contributed by atoms with Crippen molar-refractivity contribution in [3.8, 4) is 39.7 Å². The fraction of sp³-hybridized carbons (Fsp3) is 0.282. The molecule has 14 heteroatoms. The Bertz CT molecular complexity index is 2480. The summed E-state index contributed by atoms with van der Waals surface area (Å²) in [4.78, 5) is 17.9. The zero-order valence-electron chi connectivity index (χ0n) is 29.9. The molecule has 0 bridgehead atoms. The number of amides is 1. The Morgan fingerprint density at radius 3 is 2.26 bits per heavy atom. The average molecular weight is 746 g/mol. The predicted octanol–water partition coefficient (Wildman–Crippen LogP) is 7.78. The van der Waals surface area contributed by atoms with Crippen LogP contribution in [0.4, 0.5) is 14.5 Å². The number of sulfonamides is 1. The Balaban J connectivity index is 1.49. The molecule has 4 aromatic carbocycles. The number of oxazole rings is 1. The zero-order chi connectivity index (χ0) is 37.9. The highest BCUT2D eigenvalue weighted by Gasteiger charge is 2.40. The van der Waals surface area contributed by atoms with Crippen LogP contribution in [-0.2, 0) is 19.5 Å². The number of aromatic nitrogens is 1. The van der Waals surface area contributed by atoms with E-state index in [0.717, 1.165) is 6.26 Å². The fourth-order valence-electron chi connectivity index (χ4n) is 6.40. The number of halogens is 2. The molecule has 1 aliphatic heterocycles. The fourth-order valence-corrected chi connectivity index (χ4v) is 7.45. The van der Waals surface area contributed by atoms with Crippen LogP contribution in [0, 0.1) is 17.0 Å². The predicted molar refractivity (Wildman–Crippen MR) is 196 cm³/mol. The van der Waals surface area contributed by atoms with Gasteiger partial charge in [0.15, 0.2) is 17.2 Å². The topological polar surface area (TPSA) is 133 Å². The van der Waals surface area contributed by atoms with Gasteiger partial charge in [0.2, 0.25) is 15.9 Å². The van der Waals surface area contributed by atoms with E-state index in [1.165, 1.54) is 54.9 Å². The first kappa shape index (κ1) is 36.1. The van der Waals surface area contributed by atoms with E-state index in [9.17, 15) is 22.0 Å². The van der Waals surface area contributed by atoms with E-state index >= 15 is 0 Å². The molecule has 7 rings (SSSR count). The first-order chi connectivity index (χ1) is 25.1. The van der Waals surface area contributed by atoms with Crippen LogP contribution in [0.2, 0.25) is 0 Å². The van der Waals surface area contributed by atoms with Gasteiger partial charge in [0, 0.05) is 41.6 Å². The van der Waals surface area contributed by atoms with Crippen molar-refractivity contribution < 1.29 is 45.0 Å². The van der Waals surface area contributed by atoms with E-state index in [2.05, 4.69) is 10.3 Å². The number of rotatable bonds is 9. The van der Waals surface area contributed by atoms with Crippen LogP contribution in [-0.4, -0.2) is 65.3 Å². The Morgan fingerprint density at radius 2 is 1.62 bits per heavy atom. The van der Waals surface area contributed by atoms with E-state index in [1.54, 1.807) is 50.2 Å². The number of nitrogens with one attached hydrogen (secondary N) is 1. The number of carbonyl (C=O) groups excluding carboxylic acids is 1. The van der Waals surface area contributed by atoms with E-state index in [4.69, 9.17) is 23.0 Å². The molecule has 276 valence electrons. The number of furan rings is 1. The quantitative estimate of drug-likeness (QED) is 0.158. The third kappa shape index (κ3) is 6.85. The minimum atomic E-state index is -4.00. The van der Waals surface area contributed by atoms with Crippen LogP contribution in [0.5, 0.6) is 5.75 Å². The van der Waals surface area contributed by atoms with Crippen molar-refractivity contribution in [3.05, 3.63) is 90.0 Å². The molecule has 0 saturated carbocycles. The summed E-state index contributed by atoms with van der Waals surface area (Å²) in [6, 6.07) is 18.2. The van der Waals surface area contributed by atoms with Crippen LogP contribution in [0.3, 0.4) is 0 Å². The normalized spacial score (nSPS) is 15.5. The van der Waals surface area contributed by atoms with E-state index < -0.39 is 38.8 Å². The van der Waals surface area contributed by atoms with Crippen molar-refractivity contribution in [2.75, 3.05) is 44.5 Å². The van der Waals surface area contributed by atoms with Crippen LogP contribution < -0.4 is 14.4 Å². The van der Waals surface area contributed by atoms with Crippen LogP contribution in [0.15, 0.2) is 81.6 Å². The first-order valence-electron chi connectivity index (χ1n) is 16.7.